The number of carboxylic acid groups (broad SMARTS) is 1. The van der Waals surface area contributed by atoms with E-state index in [4.69, 9.17) is 37.9 Å². The molecule has 0 heterocycles. The number of benzene rings is 3. The van der Waals surface area contributed by atoms with Crippen molar-refractivity contribution in [3.63, 3.8) is 0 Å². The number of ether oxygens (including phenoxy) is 8. The van der Waals surface area contributed by atoms with Gasteiger partial charge in [-0.15, -0.1) is 0 Å². The summed E-state index contributed by atoms with van der Waals surface area (Å²) in [5.41, 5.74) is 0.865. The van der Waals surface area contributed by atoms with Crippen molar-refractivity contribution in [3.05, 3.63) is 96.6 Å². The number of hydrogen-bond donors (Lipinski definition) is 1. The molecule has 1 N–H and O–H groups in total. The van der Waals surface area contributed by atoms with Gasteiger partial charge in [0.1, 0.15) is 23.0 Å². The van der Waals surface area contributed by atoms with Gasteiger partial charge >= 0.3 is 36.2 Å². The van der Waals surface area contributed by atoms with Crippen molar-refractivity contribution in [2.75, 3.05) is 33.5 Å². The third-order valence-corrected chi connectivity index (χ3v) is 7.13. The summed E-state index contributed by atoms with van der Waals surface area (Å²) < 4.78 is 41.5. The number of carboxylic acids is 1. The first kappa shape index (κ1) is 40.8. The highest BCUT2D eigenvalue weighted by molar-refractivity contribution is 5.95. The molecule has 0 aliphatic heterocycles. The second-order valence-electron chi connectivity index (χ2n) is 10.8. The molecular weight excluding hydrogens is 696 g/mol. The minimum absolute atomic E-state index is 0.0156. The van der Waals surface area contributed by atoms with Gasteiger partial charge in [-0.05, 0) is 86.7 Å². The molecule has 0 spiro atoms. The van der Waals surface area contributed by atoms with Crippen molar-refractivity contribution in [2.24, 2.45) is 0 Å². The van der Waals surface area contributed by atoms with E-state index in [-0.39, 0.29) is 71.7 Å². The van der Waals surface area contributed by atoms with Gasteiger partial charge in [-0.1, -0.05) is 13.2 Å². The highest BCUT2D eigenvalue weighted by Crippen LogP contribution is 2.42. The number of aromatic carboxylic acids is 1. The molecule has 0 radical (unpaired) electrons. The average molecular weight is 735 g/mol. The maximum atomic E-state index is 12.9. The van der Waals surface area contributed by atoms with Crippen LogP contribution in [-0.4, -0.2) is 74.8 Å². The fraction of sp³-hybridized carbons (Fsp3) is 0.263. The number of carbonyl (C=O) groups is 6. The second kappa shape index (κ2) is 20.9. The van der Waals surface area contributed by atoms with Crippen LogP contribution in [0.1, 0.15) is 52.0 Å². The lowest BCUT2D eigenvalue weighted by Crippen LogP contribution is -2.14. The number of methoxy groups -OCH3 is 1. The highest BCUT2D eigenvalue weighted by Gasteiger charge is 2.23. The fourth-order valence-electron chi connectivity index (χ4n) is 4.53. The van der Waals surface area contributed by atoms with Gasteiger partial charge in [0.05, 0.1) is 44.7 Å². The van der Waals surface area contributed by atoms with E-state index in [0.717, 1.165) is 12.2 Å². The minimum atomic E-state index is -1.21. The van der Waals surface area contributed by atoms with Crippen LogP contribution in [0.25, 0.3) is 11.1 Å². The van der Waals surface area contributed by atoms with Crippen LogP contribution >= 0.6 is 0 Å². The second-order valence-corrected chi connectivity index (χ2v) is 10.8. The standard InChI is InChI=1S/C38H38O15/c1-5-32(39)47-19-7-9-21-49-37(44)52-26-13-11-25(12-14-26)36(43)51-27-15-16-29(31(23-27)46-4)34-24(3)28(35(41)42)17-18-30(34)53-38(45)50-22-10-8-20-48-33(40)6-2/h5-6,11-18,23H,1-2,7-10,19-22H2,3-4H3,(H,41,42). The van der Waals surface area contributed by atoms with E-state index in [1.807, 2.05) is 0 Å². The summed E-state index contributed by atoms with van der Waals surface area (Å²) in [6, 6.07) is 12.5. The SMILES string of the molecule is C=CC(=O)OCCCCOC(=O)Oc1ccc(C(=O)Oc2ccc(-c3c(OC(=O)OCCCCOC(=O)C=C)ccc(C(=O)O)c3C)c(OC)c2)cc1. The van der Waals surface area contributed by atoms with E-state index in [0.29, 0.717) is 31.2 Å². The summed E-state index contributed by atoms with van der Waals surface area (Å²) in [6.07, 6.45) is 1.82. The van der Waals surface area contributed by atoms with Crippen molar-refractivity contribution >= 4 is 36.2 Å². The first-order valence-corrected chi connectivity index (χ1v) is 16.1. The Hall–Kier alpha value is -6.64. The quantitative estimate of drug-likeness (QED) is 0.0343. The van der Waals surface area contributed by atoms with Gasteiger partial charge in [-0.2, -0.15) is 0 Å². The molecule has 53 heavy (non-hydrogen) atoms. The van der Waals surface area contributed by atoms with Crippen LogP contribution in [0, 0.1) is 6.92 Å². The van der Waals surface area contributed by atoms with Crippen molar-refractivity contribution in [1.82, 2.24) is 0 Å². The molecule has 280 valence electrons. The molecule has 0 saturated heterocycles. The Balaban J connectivity index is 1.65. The van der Waals surface area contributed by atoms with Crippen molar-refractivity contribution in [3.8, 4) is 34.1 Å². The summed E-state index contributed by atoms with van der Waals surface area (Å²) in [5.74, 6) is -2.72. The molecule has 0 aliphatic carbocycles. The van der Waals surface area contributed by atoms with Gasteiger partial charge in [0.15, 0.2) is 0 Å². The van der Waals surface area contributed by atoms with E-state index in [1.165, 1.54) is 68.6 Å². The average Bonchev–Trinajstić information content (AvgIpc) is 3.14. The Morgan fingerprint density at radius 3 is 1.70 bits per heavy atom. The molecule has 15 heteroatoms. The van der Waals surface area contributed by atoms with Crippen LogP contribution in [0.4, 0.5) is 9.59 Å². The topological polar surface area (TPSA) is 196 Å². The molecule has 0 amide bonds. The molecule has 3 aromatic rings. The molecule has 15 nitrogen and oxygen atoms in total. The fourth-order valence-corrected chi connectivity index (χ4v) is 4.53. The zero-order valence-corrected chi connectivity index (χ0v) is 29.1. The van der Waals surface area contributed by atoms with E-state index in [1.54, 1.807) is 0 Å². The van der Waals surface area contributed by atoms with Crippen LogP contribution in [0.2, 0.25) is 0 Å². The van der Waals surface area contributed by atoms with Crippen molar-refractivity contribution in [2.45, 2.75) is 32.6 Å². The Labute approximate surface area is 304 Å². The lowest BCUT2D eigenvalue weighted by molar-refractivity contribution is -0.138. The molecule has 3 rings (SSSR count). The lowest BCUT2D eigenvalue weighted by atomic mass is 9.94. The zero-order valence-electron chi connectivity index (χ0n) is 29.1. The summed E-state index contributed by atoms with van der Waals surface area (Å²) in [5, 5.41) is 9.76. The minimum Gasteiger partial charge on any atom is -0.496 e. The van der Waals surface area contributed by atoms with Crippen molar-refractivity contribution in [1.29, 1.82) is 0 Å². The van der Waals surface area contributed by atoms with Crippen molar-refractivity contribution < 1.29 is 71.8 Å². The van der Waals surface area contributed by atoms with E-state index in [2.05, 4.69) is 13.2 Å². The molecule has 0 aliphatic rings. The third-order valence-electron chi connectivity index (χ3n) is 7.13. The van der Waals surface area contributed by atoms with Gasteiger partial charge in [0, 0.05) is 29.3 Å². The van der Waals surface area contributed by atoms with Crippen LogP contribution in [0.15, 0.2) is 79.9 Å². The molecular formula is C38H38O15. The van der Waals surface area contributed by atoms with Crippen LogP contribution < -0.4 is 18.9 Å². The van der Waals surface area contributed by atoms with Crippen LogP contribution in [-0.2, 0) is 28.5 Å². The molecule has 3 aromatic carbocycles. The Morgan fingerprint density at radius 2 is 1.17 bits per heavy atom. The van der Waals surface area contributed by atoms with E-state index >= 15 is 0 Å². The van der Waals surface area contributed by atoms with Crippen LogP contribution in [0.3, 0.4) is 0 Å². The summed E-state index contributed by atoms with van der Waals surface area (Å²) in [7, 11) is 1.35. The number of carbonyl (C=O) groups excluding carboxylic acids is 5. The summed E-state index contributed by atoms with van der Waals surface area (Å²) in [6.45, 7) is 8.43. The van der Waals surface area contributed by atoms with Gasteiger partial charge in [-0.25, -0.2) is 28.8 Å². The molecule has 0 bridgehead atoms. The normalized spacial score (nSPS) is 10.2. The third kappa shape index (κ3) is 12.9. The van der Waals surface area contributed by atoms with E-state index in [9.17, 15) is 33.9 Å². The number of rotatable bonds is 19. The first-order valence-electron chi connectivity index (χ1n) is 16.1. The van der Waals surface area contributed by atoms with E-state index < -0.39 is 36.2 Å². The van der Waals surface area contributed by atoms with Crippen LogP contribution in [0.5, 0.6) is 23.0 Å². The number of unbranched alkanes of at least 4 members (excludes halogenated alkanes) is 2. The molecule has 0 aromatic heterocycles. The lowest BCUT2D eigenvalue weighted by Gasteiger charge is -2.18. The zero-order chi connectivity index (χ0) is 38.8. The predicted octanol–water partition coefficient (Wildman–Crippen LogP) is 6.64. The summed E-state index contributed by atoms with van der Waals surface area (Å²) in [4.78, 5) is 71.6. The van der Waals surface area contributed by atoms with Gasteiger partial charge in [0.2, 0.25) is 0 Å². The largest absolute Gasteiger partial charge is 0.513 e. The predicted molar refractivity (Wildman–Crippen MR) is 186 cm³/mol. The molecule has 0 unspecified atom stereocenters. The monoisotopic (exact) mass is 734 g/mol. The van der Waals surface area contributed by atoms with Gasteiger partial charge < -0.3 is 43.0 Å². The number of hydrogen-bond acceptors (Lipinski definition) is 14. The molecule has 0 atom stereocenters. The Morgan fingerprint density at radius 1 is 0.642 bits per heavy atom. The van der Waals surface area contributed by atoms with Gasteiger partial charge in [0.25, 0.3) is 0 Å². The van der Waals surface area contributed by atoms with Gasteiger partial charge in [-0.3, -0.25) is 0 Å². The maximum absolute atomic E-state index is 12.9. The Bertz CT molecular complexity index is 1810. The molecule has 0 saturated carbocycles. The summed E-state index contributed by atoms with van der Waals surface area (Å²) >= 11 is 0. The highest BCUT2D eigenvalue weighted by atomic mass is 16.7. The Kier molecular flexibility index (Phi) is 16.1. The maximum Gasteiger partial charge on any atom is 0.513 e. The molecule has 0 fully saturated rings. The smallest absolute Gasteiger partial charge is 0.496 e. The first-order chi connectivity index (χ1) is 25.5. The number of esters is 3.